The number of rotatable bonds is 2. The van der Waals surface area contributed by atoms with Crippen molar-refractivity contribution in [3.8, 4) is 0 Å². The molecular formula is C14H19N3O4. The molecule has 2 aliphatic heterocycles. The fourth-order valence-corrected chi connectivity index (χ4v) is 3.46. The van der Waals surface area contributed by atoms with Crippen LogP contribution in [0.3, 0.4) is 0 Å². The van der Waals surface area contributed by atoms with Gasteiger partial charge in [-0.25, -0.2) is 0 Å². The number of amides is 1. The molecule has 1 aromatic rings. The number of carbonyl (C=O) groups excluding carboxylic acids is 1. The first-order chi connectivity index (χ1) is 10.1. The van der Waals surface area contributed by atoms with Crippen LogP contribution >= 0.6 is 0 Å². The van der Waals surface area contributed by atoms with Gasteiger partial charge in [-0.1, -0.05) is 0 Å². The van der Waals surface area contributed by atoms with Crippen LogP contribution in [0.2, 0.25) is 0 Å². The summed E-state index contributed by atoms with van der Waals surface area (Å²) in [7, 11) is 0. The van der Waals surface area contributed by atoms with Crippen molar-refractivity contribution in [2.45, 2.75) is 25.7 Å². The van der Waals surface area contributed by atoms with Crippen LogP contribution in [0.15, 0.2) is 16.5 Å². The highest BCUT2D eigenvalue weighted by Crippen LogP contribution is 2.36. The lowest BCUT2D eigenvalue weighted by molar-refractivity contribution is -0.402. The Labute approximate surface area is 122 Å². The highest BCUT2D eigenvalue weighted by atomic mass is 16.6. The van der Waals surface area contributed by atoms with Crippen molar-refractivity contribution in [1.82, 2.24) is 10.2 Å². The summed E-state index contributed by atoms with van der Waals surface area (Å²) in [6.07, 6.45) is 4.36. The normalized spacial score (nSPS) is 26.0. The molecule has 0 aliphatic carbocycles. The maximum absolute atomic E-state index is 12.5. The minimum atomic E-state index is -0.625. The molecule has 0 aromatic carbocycles. The molecule has 2 saturated heterocycles. The number of carbonyl (C=O) groups is 1. The molecule has 1 amide bonds. The molecule has 2 aliphatic rings. The first-order valence-corrected chi connectivity index (χ1v) is 7.34. The monoisotopic (exact) mass is 293 g/mol. The van der Waals surface area contributed by atoms with E-state index in [1.807, 2.05) is 0 Å². The largest absolute Gasteiger partial charge is 0.433 e. The van der Waals surface area contributed by atoms with Gasteiger partial charge < -0.3 is 14.6 Å². The zero-order valence-corrected chi connectivity index (χ0v) is 11.8. The van der Waals surface area contributed by atoms with Crippen molar-refractivity contribution in [3.63, 3.8) is 0 Å². The maximum atomic E-state index is 12.5. The Morgan fingerprint density at radius 2 is 2.19 bits per heavy atom. The molecule has 7 nitrogen and oxygen atoms in total. The molecule has 2 fully saturated rings. The third-order valence-corrected chi connectivity index (χ3v) is 4.49. The fourth-order valence-electron chi connectivity index (χ4n) is 3.46. The molecule has 1 N–H and O–H groups in total. The average Bonchev–Trinajstić information content (AvgIpc) is 2.97. The van der Waals surface area contributed by atoms with Gasteiger partial charge in [0.25, 0.3) is 5.91 Å². The van der Waals surface area contributed by atoms with Crippen molar-refractivity contribution >= 4 is 11.8 Å². The molecule has 21 heavy (non-hydrogen) atoms. The standard InChI is InChI=1S/C14H19N3O4/c18-13(11-3-4-12(21-11)17(19)20)16-8-2-6-14(10-16)5-1-7-15-9-14/h3-4,15H,1-2,5-10H2. The van der Waals surface area contributed by atoms with Gasteiger partial charge in [0.05, 0.1) is 6.07 Å². The van der Waals surface area contributed by atoms with E-state index in [0.29, 0.717) is 13.1 Å². The molecule has 1 unspecified atom stereocenters. The molecule has 1 spiro atoms. The van der Waals surface area contributed by atoms with Gasteiger partial charge in [-0.3, -0.25) is 14.9 Å². The van der Waals surface area contributed by atoms with Gasteiger partial charge in [0, 0.05) is 25.0 Å². The van der Waals surface area contributed by atoms with Gasteiger partial charge in [-0.15, -0.1) is 0 Å². The van der Waals surface area contributed by atoms with E-state index < -0.39 is 4.92 Å². The first kappa shape index (κ1) is 14.1. The van der Waals surface area contributed by atoms with E-state index in [1.165, 1.54) is 12.1 Å². The molecule has 3 heterocycles. The van der Waals surface area contributed by atoms with Crippen LogP contribution < -0.4 is 5.32 Å². The number of hydrogen-bond donors (Lipinski definition) is 1. The third kappa shape index (κ3) is 2.78. The van der Waals surface area contributed by atoms with Crippen LogP contribution in [0.1, 0.15) is 36.2 Å². The Hall–Kier alpha value is -1.89. The van der Waals surface area contributed by atoms with Crippen molar-refractivity contribution < 1.29 is 14.1 Å². The lowest BCUT2D eigenvalue weighted by Crippen LogP contribution is -2.52. The molecule has 1 atom stereocenters. The van der Waals surface area contributed by atoms with Gasteiger partial charge in [0.2, 0.25) is 0 Å². The van der Waals surface area contributed by atoms with Crippen molar-refractivity contribution in [2.75, 3.05) is 26.2 Å². The summed E-state index contributed by atoms with van der Waals surface area (Å²) < 4.78 is 5.03. The summed E-state index contributed by atoms with van der Waals surface area (Å²) in [6, 6.07) is 2.62. The van der Waals surface area contributed by atoms with Gasteiger partial charge in [-0.2, -0.15) is 0 Å². The molecule has 0 radical (unpaired) electrons. The number of furan rings is 1. The van der Waals surface area contributed by atoms with Gasteiger partial charge in [-0.05, 0) is 38.3 Å². The van der Waals surface area contributed by atoms with Crippen LogP contribution in [-0.2, 0) is 0 Å². The van der Waals surface area contributed by atoms with E-state index in [2.05, 4.69) is 5.32 Å². The highest BCUT2D eigenvalue weighted by molar-refractivity contribution is 5.91. The quantitative estimate of drug-likeness (QED) is 0.663. The third-order valence-electron chi connectivity index (χ3n) is 4.49. The molecule has 1 aromatic heterocycles. The Balaban J connectivity index is 1.73. The van der Waals surface area contributed by atoms with E-state index in [9.17, 15) is 14.9 Å². The topological polar surface area (TPSA) is 88.6 Å². The fraction of sp³-hybridized carbons (Fsp3) is 0.643. The predicted octanol–water partition coefficient (Wildman–Crippen LogP) is 1.79. The minimum Gasteiger partial charge on any atom is -0.395 e. The Morgan fingerprint density at radius 1 is 1.38 bits per heavy atom. The molecule has 7 heteroatoms. The molecule has 3 rings (SSSR count). The number of likely N-dealkylation sites (tertiary alicyclic amines) is 1. The zero-order valence-electron chi connectivity index (χ0n) is 11.8. The number of nitro groups is 1. The van der Waals surface area contributed by atoms with E-state index in [0.717, 1.165) is 38.8 Å². The highest BCUT2D eigenvalue weighted by Gasteiger charge is 2.38. The summed E-state index contributed by atoms with van der Waals surface area (Å²) in [4.78, 5) is 24.2. The predicted molar refractivity (Wildman–Crippen MR) is 75.0 cm³/mol. The minimum absolute atomic E-state index is 0.0579. The molecular weight excluding hydrogens is 274 g/mol. The van der Waals surface area contributed by atoms with E-state index >= 15 is 0 Å². The van der Waals surface area contributed by atoms with Crippen molar-refractivity contribution in [1.29, 1.82) is 0 Å². The van der Waals surface area contributed by atoms with Gasteiger partial charge in [0.1, 0.15) is 4.92 Å². The summed E-state index contributed by atoms with van der Waals surface area (Å²) in [5.41, 5.74) is 0.157. The molecule has 0 bridgehead atoms. The van der Waals surface area contributed by atoms with Crippen LogP contribution in [0.25, 0.3) is 0 Å². The number of nitrogens with zero attached hydrogens (tertiary/aromatic N) is 2. The Kier molecular flexibility index (Phi) is 3.67. The van der Waals surface area contributed by atoms with Crippen LogP contribution in [0.5, 0.6) is 0 Å². The second-order valence-electron chi connectivity index (χ2n) is 6.01. The van der Waals surface area contributed by atoms with Crippen molar-refractivity contribution in [3.05, 3.63) is 28.0 Å². The maximum Gasteiger partial charge on any atom is 0.433 e. The lowest BCUT2D eigenvalue weighted by Gasteiger charge is -2.45. The number of hydrogen-bond acceptors (Lipinski definition) is 5. The average molecular weight is 293 g/mol. The zero-order chi connectivity index (χ0) is 14.9. The Bertz CT molecular complexity index is 543. The van der Waals surface area contributed by atoms with Gasteiger partial charge >= 0.3 is 5.88 Å². The number of piperidine rings is 2. The summed E-state index contributed by atoms with van der Waals surface area (Å²) >= 11 is 0. The lowest BCUT2D eigenvalue weighted by atomic mass is 9.74. The summed E-state index contributed by atoms with van der Waals surface area (Å²) in [5.74, 6) is -0.570. The first-order valence-electron chi connectivity index (χ1n) is 7.34. The van der Waals surface area contributed by atoms with E-state index in [1.54, 1.807) is 4.90 Å². The van der Waals surface area contributed by atoms with Crippen LogP contribution in [-0.4, -0.2) is 41.9 Å². The molecule has 0 saturated carbocycles. The summed E-state index contributed by atoms with van der Waals surface area (Å²) in [6.45, 7) is 3.37. The van der Waals surface area contributed by atoms with Crippen molar-refractivity contribution in [2.24, 2.45) is 5.41 Å². The smallest absolute Gasteiger partial charge is 0.395 e. The van der Waals surface area contributed by atoms with E-state index in [4.69, 9.17) is 4.42 Å². The SMILES string of the molecule is O=C(c1ccc([N+](=O)[O-])o1)N1CCCC2(CCCNC2)C1. The van der Waals surface area contributed by atoms with Gasteiger partial charge in [0.15, 0.2) is 5.76 Å². The molecule has 114 valence electrons. The Morgan fingerprint density at radius 3 is 2.86 bits per heavy atom. The van der Waals surface area contributed by atoms with Crippen LogP contribution in [0.4, 0.5) is 5.88 Å². The number of nitrogens with one attached hydrogen (secondary N) is 1. The van der Waals surface area contributed by atoms with E-state index in [-0.39, 0.29) is 23.0 Å². The summed E-state index contributed by atoms with van der Waals surface area (Å²) in [5, 5.41) is 14.0. The second-order valence-corrected chi connectivity index (χ2v) is 6.01. The second kappa shape index (κ2) is 5.48. The van der Waals surface area contributed by atoms with Crippen LogP contribution in [0, 0.1) is 15.5 Å².